The van der Waals surface area contributed by atoms with Gasteiger partial charge in [0.05, 0.1) is 4.90 Å². The molecule has 0 amide bonds. The maximum atomic E-state index is 12.1. The first kappa shape index (κ1) is 14.5. The van der Waals surface area contributed by atoms with Crippen molar-refractivity contribution in [3.05, 3.63) is 44.9 Å². The number of nitrogens with zero attached hydrogens (tertiary/aromatic N) is 1. The van der Waals surface area contributed by atoms with Crippen molar-refractivity contribution in [2.75, 3.05) is 0 Å². The zero-order valence-electron chi connectivity index (χ0n) is 10.5. The molecule has 2 heterocycles. The lowest BCUT2D eigenvalue weighted by Gasteiger charge is -2.05. The molecule has 0 saturated carbocycles. The van der Waals surface area contributed by atoms with Gasteiger partial charge in [0.25, 0.3) is 0 Å². The van der Waals surface area contributed by atoms with E-state index in [1.165, 1.54) is 28.8 Å². The van der Waals surface area contributed by atoms with E-state index in [2.05, 4.69) is 9.71 Å². The molecule has 2 rings (SSSR count). The molecule has 2 aromatic heterocycles. The van der Waals surface area contributed by atoms with Crippen LogP contribution in [-0.4, -0.2) is 13.4 Å². The van der Waals surface area contributed by atoms with Gasteiger partial charge >= 0.3 is 0 Å². The Morgan fingerprint density at radius 2 is 2.11 bits per heavy atom. The largest absolute Gasteiger partial charge is 0.244 e. The average Bonchev–Trinajstić information content (AvgIpc) is 2.67. The molecule has 0 spiro atoms. The van der Waals surface area contributed by atoms with Gasteiger partial charge in [0.2, 0.25) is 10.0 Å². The number of halogens is 1. The predicted molar refractivity (Wildman–Crippen MR) is 77.1 cm³/mol. The molecule has 0 aliphatic heterocycles. The van der Waals surface area contributed by atoms with Crippen LogP contribution in [0.1, 0.15) is 15.3 Å². The molecule has 2 aromatic rings. The van der Waals surface area contributed by atoms with E-state index in [9.17, 15) is 8.42 Å². The van der Waals surface area contributed by atoms with Gasteiger partial charge < -0.3 is 0 Å². The van der Waals surface area contributed by atoms with Crippen molar-refractivity contribution in [3.8, 4) is 0 Å². The van der Waals surface area contributed by atoms with Gasteiger partial charge in [-0.2, -0.15) is 0 Å². The molecule has 0 aromatic carbocycles. The van der Waals surface area contributed by atoms with Crippen LogP contribution in [0, 0.1) is 13.8 Å². The number of hydrogen-bond acceptors (Lipinski definition) is 4. The molecule has 0 unspecified atom stereocenters. The first-order valence-electron chi connectivity index (χ1n) is 5.55. The van der Waals surface area contributed by atoms with E-state index in [1.54, 1.807) is 11.3 Å². The summed E-state index contributed by atoms with van der Waals surface area (Å²) in [4.78, 5) is 6.06. The molecule has 0 saturated heterocycles. The second-order valence-electron chi connectivity index (χ2n) is 4.09. The minimum absolute atomic E-state index is 0.123. The van der Waals surface area contributed by atoms with Crippen molar-refractivity contribution in [1.82, 2.24) is 9.71 Å². The Hall–Kier alpha value is -0.950. The van der Waals surface area contributed by atoms with Crippen LogP contribution in [0.3, 0.4) is 0 Å². The minimum atomic E-state index is -3.55. The van der Waals surface area contributed by atoms with Crippen molar-refractivity contribution < 1.29 is 8.42 Å². The average molecular weight is 317 g/mol. The zero-order valence-corrected chi connectivity index (χ0v) is 12.9. The van der Waals surface area contributed by atoms with E-state index in [-0.39, 0.29) is 16.6 Å². The first-order chi connectivity index (χ1) is 8.88. The second-order valence-corrected chi connectivity index (χ2v) is 7.59. The minimum Gasteiger partial charge on any atom is -0.244 e. The van der Waals surface area contributed by atoms with Crippen molar-refractivity contribution in [3.63, 3.8) is 0 Å². The maximum absolute atomic E-state index is 12.1. The Labute approximate surface area is 121 Å². The monoisotopic (exact) mass is 316 g/mol. The fourth-order valence-electron chi connectivity index (χ4n) is 1.54. The number of rotatable bonds is 4. The number of pyridine rings is 1. The number of sulfonamides is 1. The van der Waals surface area contributed by atoms with Crippen molar-refractivity contribution in [1.29, 1.82) is 0 Å². The third-order valence-electron chi connectivity index (χ3n) is 2.66. The van der Waals surface area contributed by atoms with E-state index in [0.29, 0.717) is 0 Å². The number of hydrogen-bond donors (Lipinski definition) is 1. The Morgan fingerprint density at radius 3 is 2.68 bits per heavy atom. The lowest BCUT2D eigenvalue weighted by Crippen LogP contribution is -2.22. The fourth-order valence-corrected chi connectivity index (χ4v) is 3.88. The van der Waals surface area contributed by atoms with Crippen LogP contribution in [0.15, 0.2) is 29.3 Å². The van der Waals surface area contributed by atoms with Crippen LogP contribution in [-0.2, 0) is 16.6 Å². The summed E-state index contributed by atoms with van der Waals surface area (Å²) >= 11 is 7.28. The molecule has 4 nitrogen and oxygen atoms in total. The van der Waals surface area contributed by atoms with Crippen LogP contribution in [0.5, 0.6) is 0 Å². The first-order valence-corrected chi connectivity index (χ1v) is 8.23. The quantitative estimate of drug-likeness (QED) is 0.882. The third kappa shape index (κ3) is 3.54. The molecular formula is C12H13ClN2O2S2. The molecule has 0 atom stereocenters. The summed E-state index contributed by atoms with van der Waals surface area (Å²) in [6.45, 7) is 4.30. The normalized spacial score (nSPS) is 11.7. The summed E-state index contributed by atoms with van der Waals surface area (Å²) < 4.78 is 26.7. The van der Waals surface area contributed by atoms with Crippen LogP contribution in [0.4, 0.5) is 0 Å². The standard InChI is InChI=1S/C12H13ClN2O2S2/c1-8-5-10(18-9(8)2)7-15-19(16,17)11-3-4-14-12(13)6-11/h3-6,15H,7H2,1-2H3. The van der Waals surface area contributed by atoms with Gasteiger partial charge in [-0.25, -0.2) is 18.1 Å². The molecule has 0 bridgehead atoms. The fraction of sp³-hybridized carbons (Fsp3) is 0.250. The molecule has 0 aliphatic carbocycles. The van der Waals surface area contributed by atoms with E-state index in [1.807, 2.05) is 19.9 Å². The third-order valence-corrected chi connectivity index (χ3v) is 5.42. The van der Waals surface area contributed by atoms with Crippen LogP contribution < -0.4 is 4.72 Å². The van der Waals surface area contributed by atoms with Gasteiger partial charge in [-0.05, 0) is 37.6 Å². The van der Waals surface area contributed by atoms with E-state index in [4.69, 9.17) is 11.6 Å². The van der Waals surface area contributed by atoms with Gasteiger partial charge in [0.1, 0.15) is 5.15 Å². The zero-order chi connectivity index (χ0) is 14.0. The summed E-state index contributed by atoms with van der Waals surface area (Å²) in [6.07, 6.45) is 1.37. The van der Waals surface area contributed by atoms with Gasteiger partial charge in [-0.15, -0.1) is 11.3 Å². The molecule has 7 heteroatoms. The Kier molecular flexibility index (Phi) is 4.25. The van der Waals surface area contributed by atoms with Crippen molar-refractivity contribution in [2.24, 2.45) is 0 Å². The number of thiophene rings is 1. The van der Waals surface area contributed by atoms with Crippen LogP contribution in [0.2, 0.25) is 5.15 Å². The topological polar surface area (TPSA) is 59.1 Å². The summed E-state index contributed by atoms with van der Waals surface area (Å²) in [7, 11) is -3.55. The van der Waals surface area contributed by atoms with Crippen molar-refractivity contribution in [2.45, 2.75) is 25.3 Å². The van der Waals surface area contributed by atoms with Gasteiger partial charge in [0, 0.05) is 22.5 Å². The molecule has 0 fully saturated rings. The number of aromatic nitrogens is 1. The Balaban J connectivity index is 2.14. The smallest absolute Gasteiger partial charge is 0.241 e. The molecular weight excluding hydrogens is 304 g/mol. The van der Waals surface area contributed by atoms with E-state index < -0.39 is 10.0 Å². The number of nitrogens with one attached hydrogen (secondary N) is 1. The summed E-state index contributed by atoms with van der Waals surface area (Å²) in [5.74, 6) is 0. The highest BCUT2D eigenvalue weighted by Gasteiger charge is 2.15. The van der Waals surface area contributed by atoms with Gasteiger partial charge in [-0.3, -0.25) is 0 Å². The molecule has 102 valence electrons. The van der Waals surface area contributed by atoms with Gasteiger partial charge in [-0.1, -0.05) is 11.6 Å². The number of aryl methyl sites for hydroxylation is 2. The lowest BCUT2D eigenvalue weighted by atomic mass is 10.3. The molecule has 0 aliphatic rings. The van der Waals surface area contributed by atoms with Crippen molar-refractivity contribution >= 4 is 33.0 Å². The molecule has 19 heavy (non-hydrogen) atoms. The van der Waals surface area contributed by atoms with Crippen LogP contribution in [0.25, 0.3) is 0 Å². The highest BCUT2D eigenvalue weighted by atomic mass is 35.5. The van der Waals surface area contributed by atoms with Gasteiger partial charge in [0.15, 0.2) is 0 Å². The van der Waals surface area contributed by atoms with E-state index in [0.717, 1.165) is 4.88 Å². The highest BCUT2D eigenvalue weighted by molar-refractivity contribution is 7.89. The molecule has 0 radical (unpaired) electrons. The highest BCUT2D eigenvalue weighted by Crippen LogP contribution is 2.21. The molecule has 1 N–H and O–H groups in total. The SMILES string of the molecule is Cc1cc(CNS(=O)(=O)c2ccnc(Cl)c2)sc1C. The van der Waals surface area contributed by atoms with E-state index >= 15 is 0 Å². The predicted octanol–water partition coefficient (Wildman–Crippen LogP) is 2.89. The second kappa shape index (κ2) is 5.58. The lowest BCUT2D eigenvalue weighted by molar-refractivity contribution is 0.581. The Bertz CT molecular complexity index is 676. The summed E-state index contributed by atoms with van der Waals surface area (Å²) in [5.41, 5.74) is 1.17. The Morgan fingerprint density at radius 1 is 1.37 bits per heavy atom. The van der Waals surface area contributed by atoms with Crippen LogP contribution >= 0.6 is 22.9 Å². The summed E-state index contributed by atoms with van der Waals surface area (Å²) in [5, 5.41) is 0.158. The maximum Gasteiger partial charge on any atom is 0.241 e. The summed E-state index contributed by atoms with van der Waals surface area (Å²) in [6, 6.07) is 4.73.